The number of aliphatic hydroxyl groups is 1. The number of rotatable bonds is 8. The smallest absolute Gasteiger partial charge is 0.0830 e. The standard InChI is InChI=1S/C13H24O/c1-2-3-4-5-6-7-8-9-10-13(14)11-12-13/h9-10,14H,2-8,11-12H2,1H3/b10-9+. The Bertz CT molecular complexity index is 168. The summed E-state index contributed by atoms with van der Waals surface area (Å²) in [5, 5.41) is 9.51. The van der Waals surface area contributed by atoms with Crippen molar-refractivity contribution in [2.75, 3.05) is 0 Å². The highest BCUT2D eigenvalue weighted by Crippen LogP contribution is 2.36. The molecule has 14 heavy (non-hydrogen) atoms. The summed E-state index contributed by atoms with van der Waals surface area (Å²) >= 11 is 0. The summed E-state index contributed by atoms with van der Waals surface area (Å²) < 4.78 is 0. The molecule has 82 valence electrons. The molecular formula is C13H24O. The molecule has 1 heteroatoms. The largest absolute Gasteiger partial charge is 0.386 e. The van der Waals surface area contributed by atoms with Crippen molar-refractivity contribution in [1.29, 1.82) is 0 Å². The van der Waals surface area contributed by atoms with Gasteiger partial charge in [0.25, 0.3) is 0 Å². The van der Waals surface area contributed by atoms with E-state index in [0.29, 0.717) is 0 Å². The van der Waals surface area contributed by atoms with Gasteiger partial charge in [0.05, 0.1) is 5.60 Å². The molecule has 0 heterocycles. The molecule has 1 nitrogen and oxygen atoms in total. The van der Waals surface area contributed by atoms with Crippen LogP contribution in [-0.4, -0.2) is 10.7 Å². The maximum atomic E-state index is 9.51. The third kappa shape index (κ3) is 5.43. The lowest BCUT2D eigenvalue weighted by Gasteiger charge is -1.99. The highest BCUT2D eigenvalue weighted by Gasteiger charge is 2.36. The van der Waals surface area contributed by atoms with Crippen molar-refractivity contribution in [1.82, 2.24) is 0 Å². The Labute approximate surface area is 88.2 Å². The summed E-state index contributed by atoms with van der Waals surface area (Å²) in [6, 6.07) is 0. The van der Waals surface area contributed by atoms with Crippen LogP contribution in [0.25, 0.3) is 0 Å². The van der Waals surface area contributed by atoms with Crippen LogP contribution in [0.3, 0.4) is 0 Å². The second-order valence-electron chi connectivity index (χ2n) is 4.56. The Morgan fingerprint density at radius 2 is 1.71 bits per heavy atom. The van der Waals surface area contributed by atoms with Crippen LogP contribution in [0.2, 0.25) is 0 Å². The molecule has 0 aromatic carbocycles. The Hall–Kier alpha value is -0.300. The fourth-order valence-corrected chi connectivity index (χ4v) is 1.64. The van der Waals surface area contributed by atoms with E-state index < -0.39 is 0 Å². The minimum atomic E-state index is -0.387. The Morgan fingerprint density at radius 1 is 1.07 bits per heavy atom. The lowest BCUT2D eigenvalue weighted by atomic mass is 10.1. The molecule has 1 saturated carbocycles. The van der Waals surface area contributed by atoms with Gasteiger partial charge in [-0.2, -0.15) is 0 Å². The summed E-state index contributed by atoms with van der Waals surface area (Å²) in [4.78, 5) is 0. The first kappa shape index (κ1) is 11.8. The van der Waals surface area contributed by atoms with Crippen molar-refractivity contribution in [3.05, 3.63) is 12.2 Å². The average Bonchev–Trinajstić information content (AvgIpc) is 2.89. The van der Waals surface area contributed by atoms with Crippen molar-refractivity contribution in [2.24, 2.45) is 0 Å². The van der Waals surface area contributed by atoms with Gasteiger partial charge in [-0.25, -0.2) is 0 Å². The van der Waals surface area contributed by atoms with Crippen LogP contribution >= 0.6 is 0 Å². The predicted molar refractivity (Wildman–Crippen MR) is 61.3 cm³/mol. The quantitative estimate of drug-likeness (QED) is 0.462. The van der Waals surface area contributed by atoms with E-state index in [4.69, 9.17) is 0 Å². The van der Waals surface area contributed by atoms with Gasteiger partial charge in [0, 0.05) is 0 Å². The molecule has 0 radical (unpaired) electrons. The number of allylic oxidation sites excluding steroid dienone is 1. The van der Waals surface area contributed by atoms with Gasteiger partial charge in [-0.1, -0.05) is 51.2 Å². The van der Waals surface area contributed by atoms with Crippen LogP contribution in [-0.2, 0) is 0 Å². The average molecular weight is 196 g/mol. The van der Waals surface area contributed by atoms with Crippen molar-refractivity contribution < 1.29 is 5.11 Å². The fourth-order valence-electron chi connectivity index (χ4n) is 1.64. The molecule has 0 aromatic rings. The lowest BCUT2D eigenvalue weighted by molar-refractivity contribution is 0.202. The molecule has 1 N–H and O–H groups in total. The van der Waals surface area contributed by atoms with Gasteiger partial charge >= 0.3 is 0 Å². The molecule has 0 spiro atoms. The normalized spacial score (nSPS) is 19.0. The molecule has 0 saturated heterocycles. The summed E-state index contributed by atoms with van der Waals surface area (Å²) in [6.45, 7) is 2.25. The van der Waals surface area contributed by atoms with E-state index in [1.165, 1.54) is 38.5 Å². The zero-order valence-electron chi connectivity index (χ0n) is 9.47. The summed E-state index contributed by atoms with van der Waals surface area (Å²) in [6.07, 6.45) is 15.4. The second-order valence-corrected chi connectivity index (χ2v) is 4.56. The van der Waals surface area contributed by atoms with Crippen LogP contribution < -0.4 is 0 Å². The molecule has 1 aliphatic carbocycles. The minimum Gasteiger partial charge on any atom is -0.386 e. The predicted octanol–water partition coefficient (Wildman–Crippen LogP) is 3.82. The van der Waals surface area contributed by atoms with E-state index in [1.54, 1.807) is 0 Å². The van der Waals surface area contributed by atoms with Gasteiger partial charge in [0.2, 0.25) is 0 Å². The zero-order valence-corrected chi connectivity index (χ0v) is 9.47. The molecule has 0 aromatic heterocycles. The van der Waals surface area contributed by atoms with Gasteiger partial charge < -0.3 is 5.11 Å². The van der Waals surface area contributed by atoms with E-state index in [1.807, 2.05) is 6.08 Å². The lowest BCUT2D eigenvalue weighted by Crippen LogP contribution is -1.99. The van der Waals surface area contributed by atoms with Gasteiger partial charge in [-0.05, 0) is 25.7 Å². The van der Waals surface area contributed by atoms with Crippen molar-refractivity contribution in [2.45, 2.75) is 70.3 Å². The molecule has 0 unspecified atom stereocenters. The molecule has 0 amide bonds. The zero-order chi connectivity index (χ0) is 10.3. The topological polar surface area (TPSA) is 20.2 Å². The van der Waals surface area contributed by atoms with Crippen molar-refractivity contribution >= 4 is 0 Å². The number of hydrogen-bond acceptors (Lipinski definition) is 1. The monoisotopic (exact) mass is 196 g/mol. The van der Waals surface area contributed by atoms with E-state index in [2.05, 4.69) is 13.0 Å². The second kappa shape index (κ2) is 6.23. The van der Waals surface area contributed by atoms with Gasteiger partial charge in [0.1, 0.15) is 0 Å². The van der Waals surface area contributed by atoms with Gasteiger partial charge in [0.15, 0.2) is 0 Å². The highest BCUT2D eigenvalue weighted by molar-refractivity contribution is 5.10. The van der Waals surface area contributed by atoms with Crippen molar-refractivity contribution in [3.63, 3.8) is 0 Å². The fraction of sp³-hybridized carbons (Fsp3) is 0.846. The van der Waals surface area contributed by atoms with Gasteiger partial charge in [-0.3, -0.25) is 0 Å². The van der Waals surface area contributed by atoms with E-state index in [-0.39, 0.29) is 5.60 Å². The summed E-state index contributed by atoms with van der Waals surface area (Å²) in [5.74, 6) is 0. The highest BCUT2D eigenvalue weighted by atomic mass is 16.3. The first-order valence-corrected chi connectivity index (χ1v) is 6.17. The Balaban J connectivity index is 1.82. The van der Waals surface area contributed by atoms with Crippen LogP contribution in [0.1, 0.15) is 64.7 Å². The summed E-state index contributed by atoms with van der Waals surface area (Å²) in [7, 11) is 0. The van der Waals surface area contributed by atoms with Crippen LogP contribution in [0.5, 0.6) is 0 Å². The van der Waals surface area contributed by atoms with E-state index >= 15 is 0 Å². The first-order valence-electron chi connectivity index (χ1n) is 6.17. The molecule has 1 rings (SSSR count). The maximum Gasteiger partial charge on any atom is 0.0830 e. The molecule has 0 bridgehead atoms. The molecular weight excluding hydrogens is 172 g/mol. The Morgan fingerprint density at radius 3 is 2.36 bits per heavy atom. The number of hydrogen-bond donors (Lipinski definition) is 1. The maximum absolute atomic E-state index is 9.51. The molecule has 1 fully saturated rings. The van der Waals surface area contributed by atoms with E-state index in [0.717, 1.165) is 19.3 Å². The van der Waals surface area contributed by atoms with Crippen LogP contribution in [0, 0.1) is 0 Å². The van der Waals surface area contributed by atoms with Crippen LogP contribution in [0.4, 0.5) is 0 Å². The van der Waals surface area contributed by atoms with Crippen LogP contribution in [0.15, 0.2) is 12.2 Å². The SMILES string of the molecule is CCCCCCCC/C=C/C1(O)CC1. The minimum absolute atomic E-state index is 0.387. The summed E-state index contributed by atoms with van der Waals surface area (Å²) in [5.41, 5.74) is -0.387. The molecule has 1 aliphatic rings. The first-order chi connectivity index (χ1) is 6.77. The van der Waals surface area contributed by atoms with Crippen molar-refractivity contribution in [3.8, 4) is 0 Å². The molecule has 0 aliphatic heterocycles. The number of unbranched alkanes of at least 4 members (excludes halogenated alkanes) is 6. The third-order valence-corrected chi connectivity index (χ3v) is 2.91. The van der Waals surface area contributed by atoms with E-state index in [9.17, 15) is 5.11 Å². The third-order valence-electron chi connectivity index (χ3n) is 2.91. The molecule has 0 atom stereocenters. The van der Waals surface area contributed by atoms with Gasteiger partial charge in [-0.15, -0.1) is 0 Å². The Kier molecular flexibility index (Phi) is 5.24.